The van der Waals surface area contributed by atoms with Gasteiger partial charge in [-0.25, -0.2) is 0 Å². The molecular weight excluding hydrogens is 312 g/mol. The van der Waals surface area contributed by atoms with E-state index in [9.17, 15) is 9.90 Å². The van der Waals surface area contributed by atoms with Crippen LogP contribution in [0.4, 0.5) is 0 Å². The number of hydrogen-bond acceptors (Lipinski definition) is 3. The van der Waals surface area contributed by atoms with Crippen molar-refractivity contribution in [1.29, 1.82) is 0 Å². The lowest BCUT2D eigenvalue weighted by atomic mass is 10.0. The molecule has 1 heterocycles. The van der Waals surface area contributed by atoms with Gasteiger partial charge in [-0.15, -0.1) is 0 Å². The number of benzene rings is 2. The highest BCUT2D eigenvalue weighted by atomic mass is 16.3. The molecule has 1 saturated heterocycles. The van der Waals surface area contributed by atoms with Gasteiger partial charge in [0.2, 0.25) is 5.91 Å². The molecule has 1 aliphatic heterocycles. The zero-order valence-corrected chi connectivity index (χ0v) is 15.1. The lowest BCUT2D eigenvalue weighted by Crippen LogP contribution is -2.35. The number of nitrogens with zero attached hydrogens (tertiary/aromatic N) is 1. The Balaban J connectivity index is 1.53. The van der Waals surface area contributed by atoms with Crippen molar-refractivity contribution in [2.45, 2.75) is 26.4 Å². The minimum Gasteiger partial charge on any atom is -0.387 e. The van der Waals surface area contributed by atoms with E-state index in [1.807, 2.05) is 36.4 Å². The first-order valence-corrected chi connectivity index (χ1v) is 9.19. The van der Waals surface area contributed by atoms with E-state index in [2.05, 4.69) is 30.1 Å². The van der Waals surface area contributed by atoms with Crippen molar-refractivity contribution in [3.8, 4) is 0 Å². The maximum atomic E-state index is 12.4. The Morgan fingerprint density at radius 2 is 2.00 bits per heavy atom. The standard InChI is InChI=1S/C21H28N2O2/c1-15(2)13-23-10-9-19(14-23)21(25)22-12-20(24)18-8-7-16-5-3-4-6-17(16)11-18/h3-8,11,15,19-20,24H,9-10,12-14H2,1-2H3,(H,22,25). The molecule has 0 saturated carbocycles. The number of carbonyl (C=O) groups excluding carboxylic acids is 1. The van der Waals surface area contributed by atoms with E-state index in [1.165, 1.54) is 0 Å². The molecule has 2 aromatic carbocycles. The van der Waals surface area contributed by atoms with Crippen molar-refractivity contribution in [3.63, 3.8) is 0 Å². The van der Waals surface area contributed by atoms with Crippen molar-refractivity contribution in [2.75, 3.05) is 26.2 Å². The normalized spacial score (nSPS) is 19.4. The second kappa shape index (κ2) is 7.98. The van der Waals surface area contributed by atoms with Crippen molar-refractivity contribution < 1.29 is 9.90 Å². The van der Waals surface area contributed by atoms with E-state index in [1.54, 1.807) is 0 Å². The smallest absolute Gasteiger partial charge is 0.224 e. The van der Waals surface area contributed by atoms with Crippen LogP contribution in [-0.2, 0) is 4.79 Å². The number of aliphatic hydroxyl groups excluding tert-OH is 1. The van der Waals surface area contributed by atoms with Crippen LogP contribution < -0.4 is 5.32 Å². The summed E-state index contributed by atoms with van der Waals surface area (Å²) in [5.74, 6) is 0.727. The van der Waals surface area contributed by atoms with Crippen LogP contribution in [0.3, 0.4) is 0 Å². The third-order valence-electron chi connectivity index (χ3n) is 4.89. The van der Waals surface area contributed by atoms with Crippen LogP contribution in [0.15, 0.2) is 42.5 Å². The van der Waals surface area contributed by atoms with Crippen LogP contribution >= 0.6 is 0 Å². The van der Waals surface area contributed by atoms with Gasteiger partial charge in [-0.2, -0.15) is 0 Å². The van der Waals surface area contributed by atoms with E-state index in [4.69, 9.17) is 0 Å². The van der Waals surface area contributed by atoms with Gasteiger partial charge in [-0.1, -0.05) is 50.2 Å². The predicted molar refractivity (Wildman–Crippen MR) is 101 cm³/mol. The lowest BCUT2D eigenvalue weighted by molar-refractivity contribution is -0.125. The second-order valence-corrected chi connectivity index (χ2v) is 7.51. The maximum absolute atomic E-state index is 12.4. The number of nitrogens with one attached hydrogen (secondary N) is 1. The number of aliphatic hydroxyl groups is 1. The predicted octanol–water partition coefficient (Wildman–Crippen LogP) is 2.97. The Bertz CT molecular complexity index is 729. The largest absolute Gasteiger partial charge is 0.387 e. The Morgan fingerprint density at radius 1 is 1.24 bits per heavy atom. The van der Waals surface area contributed by atoms with Gasteiger partial charge >= 0.3 is 0 Å². The highest BCUT2D eigenvalue weighted by molar-refractivity contribution is 5.83. The molecule has 2 atom stereocenters. The molecule has 134 valence electrons. The Hall–Kier alpha value is -1.91. The van der Waals surface area contributed by atoms with Crippen LogP contribution in [0.25, 0.3) is 10.8 Å². The third-order valence-corrected chi connectivity index (χ3v) is 4.89. The maximum Gasteiger partial charge on any atom is 0.224 e. The molecule has 3 rings (SSSR count). The first-order chi connectivity index (χ1) is 12.0. The Kier molecular flexibility index (Phi) is 5.71. The lowest BCUT2D eigenvalue weighted by Gasteiger charge is -2.18. The molecule has 0 bridgehead atoms. The van der Waals surface area contributed by atoms with E-state index < -0.39 is 6.10 Å². The van der Waals surface area contributed by atoms with E-state index >= 15 is 0 Å². The molecule has 1 fully saturated rings. The molecule has 4 nitrogen and oxygen atoms in total. The molecule has 2 unspecified atom stereocenters. The minimum absolute atomic E-state index is 0.0440. The first kappa shape index (κ1) is 17.9. The SMILES string of the molecule is CC(C)CN1CCC(C(=O)NCC(O)c2ccc3ccccc3c2)C1. The topological polar surface area (TPSA) is 52.6 Å². The molecule has 1 amide bonds. The van der Waals surface area contributed by atoms with Crippen molar-refractivity contribution in [3.05, 3.63) is 48.0 Å². The molecule has 0 aliphatic carbocycles. The van der Waals surface area contributed by atoms with Gasteiger partial charge < -0.3 is 15.3 Å². The minimum atomic E-state index is -0.679. The van der Waals surface area contributed by atoms with Crippen molar-refractivity contribution >= 4 is 16.7 Å². The van der Waals surface area contributed by atoms with Crippen LogP contribution in [0.1, 0.15) is 31.9 Å². The van der Waals surface area contributed by atoms with Crippen LogP contribution in [-0.4, -0.2) is 42.1 Å². The zero-order valence-electron chi connectivity index (χ0n) is 15.1. The monoisotopic (exact) mass is 340 g/mol. The van der Waals surface area contributed by atoms with Crippen molar-refractivity contribution in [2.24, 2.45) is 11.8 Å². The highest BCUT2D eigenvalue weighted by Gasteiger charge is 2.28. The summed E-state index contributed by atoms with van der Waals surface area (Å²) in [6.07, 6.45) is 0.228. The van der Waals surface area contributed by atoms with Crippen molar-refractivity contribution in [1.82, 2.24) is 10.2 Å². The fourth-order valence-electron chi connectivity index (χ4n) is 3.60. The van der Waals surface area contributed by atoms with Gasteiger partial charge in [0, 0.05) is 19.6 Å². The molecule has 1 aliphatic rings. The fourth-order valence-corrected chi connectivity index (χ4v) is 3.60. The molecule has 4 heteroatoms. The summed E-state index contributed by atoms with van der Waals surface area (Å²) in [5.41, 5.74) is 0.840. The average Bonchev–Trinajstić information content (AvgIpc) is 3.06. The summed E-state index contributed by atoms with van der Waals surface area (Å²) in [6.45, 7) is 7.53. The number of carbonyl (C=O) groups is 1. The van der Waals surface area contributed by atoms with Gasteiger partial charge in [-0.05, 0) is 41.3 Å². The summed E-state index contributed by atoms with van der Waals surface area (Å²) in [4.78, 5) is 14.7. The first-order valence-electron chi connectivity index (χ1n) is 9.19. The van der Waals surface area contributed by atoms with Gasteiger partial charge in [0.1, 0.15) is 0 Å². The second-order valence-electron chi connectivity index (χ2n) is 7.51. The fraction of sp³-hybridized carbons (Fsp3) is 0.476. The Morgan fingerprint density at radius 3 is 2.76 bits per heavy atom. The van der Waals surface area contributed by atoms with E-state index in [0.29, 0.717) is 5.92 Å². The highest BCUT2D eigenvalue weighted by Crippen LogP contribution is 2.21. The van der Waals surface area contributed by atoms with Gasteiger partial charge in [0.15, 0.2) is 0 Å². The van der Waals surface area contributed by atoms with E-state index in [0.717, 1.165) is 42.4 Å². The molecule has 2 N–H and O–H groups in total. The molecule has 0 spiro atoms. The number of rotatable bonds is 6. The zero-order chi connectivity index (χ0) is 17.8. The summed E-state index contributed by atoms with van der Waals surface area (Å²) in [5, 5.41) is 15.6. The molecule has 0 radical (unpaired) electrons. The number of hydrogen-bond donors (Lipinski definition) is 2. The number of amides is 1. The summed E-state index contributed by atoms with van der Waals surface area (Å²) < 4.78 is 0. The summed E-state index contributed by atoms with van der Waals surface area (Å²) >= 11 is 0. The molecule has 2 aromatic rings. The van der Waals surface area contributed by atoms with Gasteiger partial charge in [0.05, 0.1) is 12.0 Å². The molecule has 25 heavy (non-hydrogen) atoms. The van der Waals surface area contributed by atoms with Gasteiger partial charge in [-0.3, -0.25) is 4.79 Å². The van der Waals surface area contributed by atoms with Crippen LogP contribution in [0.2, 0.25) is 0 Å². The van der Waals surface area contributed by atoms with Gasteiger partial charge in [0.25, 0.3) is 0 Å². The van der Waals surface area contributed by atoms with Crippen LogP contribution in [0, 0.1) is 11.8 Å². The van der Waals surface area contributed by atoms with E-state index in [-0.39, 0.29) is 18.4 Å². The Labute approximate surface area is 149 Å². The molecular formula is C21H28N2O2. The quantitative estimate of drug-likeness (QED) is 0.850. The molecule has 0 aromatic heterocycles. The number of fused-ring (bicyclic) bond motifs is 1. The van der Waals surface area contributed by atoms with Crippen LogP contribution in [0.5, 0.6) is 0 Å². The number of likely N-dealkylation sites (tertiary alicyclic amines) is 1. The summed E-state index contributed by atoms with van der Waals surface area (Å²) in [6, 6.07) is 14.0. The average molecular weight is 340 g/mol. The third kappa shape index (κ3) is 4.59. The summed E-state index contributed by atoms with van der Waals surface area (Å²) in [7, 11) is 0.